The van der Waals surface area contributed by atoms with Gasteiger partial charge in [-0.1, -0.05) is 59.7 Å². The van der Waals surface area contributed by atoms with Crippen molar-refractivity contribution in [3.05, 3.63) is 107 Å². The van der Waals surface area contributed by atoms with Crippen LogP contribution in [-0.4, -0.2) is 37.2 Å². The molecule has 0 radical (unpaired) electrons. The summed E-state index contributed by atoms with van der Waals surface area (Å²) in [5.41, 5.74) is 5.05. The Bertz CT molecular complexity index is 1640. The zero-order chi connectivity index (χ0) is 23.8. The van der Waals surface area contributed by atoms with Crippen molar-refractivity contribution in [2.24, 2.45) is 4.99 Å². The minimum Gasteiger partial charge on any atom is -0.402 e. The molecule has 35 heavy (non-hydrogen) atoms. The lowest BCUT2D eigenvalue weighted by molar-refractivity contribution is -0.119. The summed E-state index contributed by atoms with van der Waals surface area (Å²) in [7, 11) is 0. The van der Waals surface area contributed by atoms with E-state index in [1.165, 1.54) is 0 Å². The topological polar surface area (TPSA) is 102 Å². The number of pyridine rings is 1. The number of imidazole rings is 1. The number of hydrogen-bond donors (Lipinski definition) is 1. The van der Waals surface area contributed by atoms with Crippen molar-refractivity contribution in [3.8, 4) is 11.6 Å². The molecule has 0 aliphatic carbocycles. The number of Topliss-reactive ketones (excluding diaryl/α,β-unsaturated/α-hetero) is 1. The molecule has 2 aromatic carbocycles. The second kappa shape index (κ2) is 8.35. The fourth-order valence-corrected chi connectivity index (χ4v) is 4.10. The van der Waals surface area contributed by atoms with Gasteiger partial charge in [0.1, 0.15) is 6.33 Å². The minimum absolute atomic E-state index is 0.0583. The number of aromatic nitrogens is 4. The lowest BCUT2D eigenvalue weighted by Crippen LogP contribution is -2.29. The van der Waals surface area contributed by atoms with Crippen LogP contribution in [0.5, 0.6) is 0 Å². The van der Waals surface area contributed by atoms with Gasteiger partial charge in [0.25, 0.3) is 5.89 Å². The highest BCUT2D eigenvalue weighted by molar-refractivity contribution is 6.16. The number of hydrogen-bond acceptors (Lipinski definition) is 7. The molecule has 0 bridgehead atoms. The van der Waals surface area contributed by atoms with Gasteiger partial charge in [-0.05, 0) is 23.9 Å². The van der Waals surface area contributed by atoms with Crippen LogP contribution in [0.2, 0.25) is 0 Å². The SMILES string of the molecule is [C-]#[N+]c1ccn2cnc(-c3nnc(N[C@H]4N=C(c5ccccc5)c5ccccc5CC4=O)o3)c2c1. The van der Waals surface area contributed by atoms with Crippen LogP contribution in [0.15, 0.2) is 88.7 Å². The van der Waals surface area contributed by atoms with Gasteiger partial charge in [0.2, 0.25) is 0 Å². The highest BCUT2D eigenvalue weighted by Crippen LogP contribution is 2.27. The van der Waals surface area contributed by atoms with Gasteiger partial charge in [-0.15, -0.1) is 5.10 Å². The Morgan fingerprint density at radius 3 is 2.74 bits per heavy atom. The molecule has 1 aliphatic heterocycles. The van der Waals surface area contributed by atoms with E-state index >= 15 is 0 Å². The number of aliphatic imine (C=N–C) groups is 1. The van der Waals surface area contributed by atoms with Crippen molar-refractivity contribution in [2.75, 3.05) is 5.32 Å². The van der Waals surface area contributed by atoms with E-state index in [9.17, 15) is 4.79 Å². The van der Waals surface area contributed by atoms with Crippen LogP contribution in [-0.2, 0) is 11.2 Å². The van der Waals surface area contributed by atoms with Crippen LogP contribution in [0.3, 0.4) is 0 Å². The van der Waals surface area contributed by atoms with Gasteiger partial charge in [-0.2, -0.15) is 0 Å². The number of ketones is 1. The van der Waals surface area contributed by atoms with Gasteiger partial charge in [-0.3, -0.25) is 9.79 Å². The Morgan fingerprint density at radius 2 is 1.89 bits per heavy atom. The number of fused-ring (bicyclic) bond motifs is 2. The Morgan fingerprint density at radius 1 is 1.06 bits per heavy atom. The van der Waals surface area contributed by atoms with Crippen molar-refractivity contribution >= 4 is 28.7 Å². The second-order valence-corrected chi connectivity index (χ2v) is 7.99. The molecule has 5 aromatic rings. The summed E-state index contributed by atoms with van der Waals surface area (Å²) < 4.78 is 7.58. The van der Waals surface area contributed by atoms with Crippen molar-refractivity contribution in [2.45, 2.75) is 12.6 Å². The molecule has 9 heteroatoms. The molecule has 0 spiro atoms. The summed E-state index contributed by atoms with van der Waals surface area (Å²) in [4.78, 5) is 25.7. The normalized spacial score (nSPS) is 15.2. The highest BCUT2D eigenvalue weighted by Gasteiger charge is 2.27. The fraction of sp³-hybridized carbons (Fsp3) is 0.0769. The molecule has 0 amide bonds. The van der Waals surface area contributed by atoms with Gasteiger partial charge in [0.05, 0.1) is 17.8 Å². The number of nitrogens with zero attached hydrogens (tertiary/aromatic N) is 6. The third-order valence-corrected chi connectivity index (χ3v) is 5.79. The van der Waals surface area contributed by atoms with Crippen molar-refractivity contribution < 1.29 is 9.21 Å². The number of anilines is 1. The lowest BCUT2D eigenvalue weighted by atomic mass is 9.96. The average Bonchev–Trinajstić information content (AvgIpc) is 3.50. The summed E-state index contributed by atoms with van der Waals surface area (Å²) in [6, 6.07) is 21.0. The predicted octanol–water partition coefficient (Wildman–Crippen LogP) is 4.34. The van der Waals surface area contributed by atoms with E-state index in [2.05, 4.69) is 25.3 Å². The first kappa shape index (κ1) is 20.5. The molecule has 9 nitrogen and oxygen atoms in total. The first-order valence-corrected chi connectivity index (χ1v) is 10.9. The van der Waals surface area contributed by atoms with Crippen molar-refractivity contribution in [1.29, 1.82) is 0 Å². The maximum atomic E-state index is 13.1. The molecule has 1 aliphatic rings. The molecule has 6 rings (SSSR count). The zero-order valence-corrected chi connectivity index (χ0v) is 18.3. The Labute approximate surface area is 199 Å². The standard InChI is InChI=1S/C26H17N7O2/c1-27-18-11-12-33-15-28-23(20(33)14-18)25-31-32-26(35-25)30-24-21(34)13-17-9-5-6-10-19(17)22(29-24)16-7-3-2-4-8-16/h2-12,14-15,24H,13H2,(H,30,32)/t24-/m1/s1. The van der Waals surface area contributed by atoms with Gasteiger partial charge >= 0.3 is 6.01 Å². The highest BCUT2D eigenvalue weighted by atomic mass is 16.4. The smallest absolute Gasteiger partial charge is 0.317 e. The fourth-order valence-electron chi connectivity index (χ4n) is 4.10. The molecule has 1 atom stereocenters. The first-order valence-electron chi connectivity index (χ1n) is 10.9. The lowest BCUT2D eigenvalue weighted by Gasteiger charge is -2.11. The summed E-state index contributed by atoms with van der Waals surface area (Å²) in [5, 5.41) is 11.2. The molecule has 1 N–H and O–H groups in total. The summed E-state index contributed by atoms with van der Waals surface area (Å²) in [6.45, 7) is 7.25. The Balaban J connectivity index is 1.36. The van der Waals surface area contributed by atoms with Crippen LogP contribution >= 0.6 is 0 Å². The van der Waals surface area contributed by atoms with Crippen LogP contribution < -0.4 is 5.32 Å². The van der Waals surface area contributed by atoms with Gasteiger partial charge < -0.3 is 14.1 Å². The van der Waals surface area contributed by atoms with E-state index in [1.807, 2.05) is 54.6 Å². The van der Waals surface area contributed by atoms with Gasteiger partial charge in [0.15, 0.2) is 23.3 Å². The maximum absolute atomic E-state index is 13.1. The van der Waals surface area contributed by atoms with E-state index in [-0.39, 0.29) is 24.1 Å². The molecule has 0 unspecified atom stereocenters. The molecule has 168 valence electrons. The average molecular weight is 459 g/mol. The van der Waals surface area contributed by atoms with Crippen molar-refractivity contribution in [3.63, 3.8) is 0 Å². The molecule has 0 fully saturated rings. The summed E-state index contributed by atoms with van der Waals surface area (Å²) in [6.07, 6.45) is 2.67. The van der Waals surface area contributed by atoms with E-state index in [4.69, 9.17) is 16.0 Å². The summed E-state index contributed by atoms with van der Waals surface area (Å²) in [5.74, 6) is 0.0611. The van der Waals surface area contributed by atoms with Gasteiger partial charge in [0, 0.05) is 17.5 Å². The van der Waals surface area contributed by atoms with Crippen LogP contribution in [0.25, 0.3) is 21.9 Å². The van der Waals surface area contributed by atoms with Crippen molar-refractivity contribution in [1.82, 2.24) is 19.6 Å². The number of carbonyl (C=O) groups excluding carboxylic acids is 1. The third-order valence-electron chi connectivity index (χ3n) is 5.79. The van der Waals surface area contributed by atoms with E-state index in [1.54, 1.807) is 29.1 Å². The third kappa shape index (κ3) is 3.73. The van der Waals surface area contributed by atoms with Crippen LogP contribution in [0.4, 0.5) is 11.7 Å². The zero-order valence-electron chi connectivity index (χ0n) is 18.3. The number of carbonyl (C=O) groups is 1. The van der Waals surface area contributed by atoms with Gasteiger partial charge in [-0.25, -0.2) is 9.83 Å². The molecular formula is C26H17N7O2. The number of rotatable bonds is 4. The molecule has 0 saturated carbocycles. The van der Waals surface area contributed by atoms with Crippen LogP contribution in [0.1, 0.15) is 16.7 Å². The Hall–Kier alpha value is -5.10. The molecule has 4 heterocycles. The molecular weight excluding hydrogens is 442 g/mol. The quantitative estimate of drug-likeness (QED) is 0.401. The first-order chi connectivity index (χ1) is 17.2. The minimum atomic E-state index is -0.904. The second-order valence-electron chi connectivity index (χ2n) is 7.99. The largest absolute Gasteiger partial charge is 0.402 e. The maximum Gasteiger partial charge on any atom is 0.317 e. The monoisotopic (exact) mass is 459 g/mol. The number of benzene rings is 2. The van der Waals surface area contributed by atoms with E-state index in [0.29, 0.717) is 16.9 Å². The van der Waals surface area contributed by atoms with E-state index in [0.717, 1.165) is 22.4 Å². The van der Waals surface area contributed by atoms with Crippen LogP contribution in [0, 0.1) is 6.57 Å². The molecule has 0 saturated heterocycles. The number of nitrogens with one attached hydrogen (secondary N) is 1. The Kier molecular flexibility index (Phi) is 4.89. The summed E-state index contributed by atoms with van der Waals surface area (Å²) >= 11 is 0. The van der Waals surface area contributed by atoms with E-state index < -0.39 is 6.17 Å². The molecule has 3 aromatic heterocycles. The predicted molar refractivity (Wildman–Crippen MR) is 129 cm³/mol.